The van der Waals surface area contributed by atoms with E-state index in [2.05, 4.69) is 24.5 Å². The minimum absolute atomic E-state index is 0.173. The molecule has 1 unspecified atom stereocenters. The van der Waals surface area contributed by atoms with Gasteiger partial charge < -0.3 is 4.74 Å². The molecule has 0 bridgehead atoms. The van der Waals surface area contributed by atoms with Crippen LogP contribution in [-0.2, 0) is 11.3 Å². The first-order valence-electron chi connectivity index (χ1n) is 6.15. The van der Waals surface area contributed by atoms with Gasteiger partial charge in [0.25, 0.3) is 0 Å². The van der Waals surface area contributed by atoms with Crippen molar-refractivity contribution in [2.45, 2.75) is 45.8 Å². The van der Waals surface area contributed by atoms with E-state index in [0.717, 1.165) is 18.8 Å². The van der Waals surface area contributed by atoms with Gasteiger partial charge in [-0.25, -0.2) is 0 Å². The molecule has 0 fully saturated rings. The van der Waals surface area contributed by atoms with Gasteiger partial charge in [-0.1, -0.05) is 12.1 Å². The highest BCUT2D eigenvalue weighted by atomic mass is 16.7. The van der Waals surface area contributed by atoms with Crippen molar-refractivity contribution in [3.63, 3.8) is 0 Å². The first-order valence-corrected chi connectivity index (χ1v) is 6.15. The van der Waals surface area contributed by atoms with E-state index in [1.54, 1.807) is 0 Å². The first-order chi connectivity index (χ1) is 7.96. The number of benzene rings is 1. The third-order valence-electron chi connectivity index (χ3n) is 2.76. The highest BCUT2D eigenvalue weighted by Crippen LogP contribution is 2.28. The SMILES string of the molecule is CC(NOC(C)(C)C)c1ccc2c(c1)CCO2. The second kappa shape index (κ2) is 4.67. The van der Waals surface area contributed by atoms with Crippen LogP contribution in [0.2, 0.25) is 0 Å². The van der Waals surface area contributed by atoms with Crippen molar-refractivity contribution in [1.29, 1.82) is 0 Å². The molecule has 17 heavy (non-hydrogen) atoms. The molecule has 1 aromatic carbocycles. The Hall–Kier alpha value is -1.06. The zero-order valence-corrected chi connectivity index (χ0v) is 11.0. The fourth-order valence-corrected chi connectivity index (χ4v) is 1.81. The molecule has 0 radical (unpaired) electrons. The van der Waals surface area contributed by atoms with Crippen molar-refractivity contribution in [2.24, 2.45) is 0 Å². The molecule has 3 heteroatoms. The van der Waals surface area contributed by atoms with Crippen molar-refractivity contribution in [1.82, 2.24) is 5.48 Å². The van der Waals surface area contributed by atoms with Crippen LogP contribution < -0.4 is 10.2 Å². The number of ether oxygens (including phenoxy) is 1. The smallest absolute Gasteiger partial charge is 0.122 e. The second-order valence-corrected chi connectivity index (χ2v) is 5.52. The van der Waals surface area contributed by atoms with E-state index < -0.39 is 0 Å². The fourth-order valence-electron chi connectivity index (χ4n) is 1.81. The summed E-state index contributed by atoms with van der Waals surface area (Å²) in [4.78, 5) is 5.58. The Balaban J connectivity index is 2.02. The van der Waals surface area contributed by atoms with E-state index in [-0.39, 0.29) is 11.6 Å². The van der Waals surface area contributed by atoms with Crippen molar-refractivity contribution >= 4 is 0 Å². The third-order valence-corrected chi connectivity index (χ3v) is 2.76. The molecular weight excluding hydrogens is 214 g/mol. The summed E-state index contributed by atoms with van der Waals surface area (Å²) in [7, 11) is 0. The molecule has 1 aliphatic rings. The molecular formula is C14H21NO2. The number of hydrogen-bond donors (Lipinski definition) is 1. The molecule has 0 aromatic heterocycles. The minimum atomic E-state index is -0.173. The monoisotopic (exact) mass is 235 g/mol. The van der Waals surface area contributed by atoms with Crippen LogP contribution in [-0.4, -0.2) is 12.2 Å². The third kappa shape index (κ3) is 3.20. The second-order valence-electron chi connectivity index (χ2n) is 5.52. The molecule has 2 rings (SSSR count). The van der Waals surface area contributed by atoms with Gasteiger partial charge in [-0.05, 0) is 44.9 Å². The van der Waals surface area contributed by atoms with Gasteiger partial charge in [0.05, 0.1) is 18.2 Å². The van der Waals surface area contributed by atoms with Crippen LogP contribution in [0.3, 0.4) is 0 Å². The average molecular weight is 235 g/mol. The number of fused-ring (bicyclic) bond motifs is 1. The molecule has 1 atom stereocenters. The largest absolute Gasteiger partial charge is 0.493 e. The van der Waals surface area contributed by atoms with Gasteiger partial charge in [0.2, 0.25) is 0 Å². The summed E-state index contributed by atoms with van der Waals surface area (Å²) in [5.41, 5.74) is 5.45. The number of hydroxylamine groups is 1. The van der Waals surface area contributed by atoms with Gasteiger partial charge in [-0.2, -0.15) is 5.48 Å². The van der Waals surface area contributed by atoms with Crippen LogP contribution in [0.25, 0.3) is 0 Å². The van der Waals surface area contributed by atoms with Gasteiger partial charge in [0.15, 0.2) is 0 Å². The van der Waals surface area contributed by atoms with Crippen LogP contribution in [0.5, 0.6) is 5.75 Å². The lowest BCUT2D eigenvalue weighted by molar-refractivity contribution is -0.0866. The Kier molecular flexibility index (Phi) is 3.40. The summed E-state index contributed by atoms with van der Waals surface area (Å²) in [6.45, 7) is 9.00. The molecule has 1 aliphatic heterocycles. The van der Waals surface area contributed by atoms with E-state index in [1.807, 2.05) is 26.8 Å². The molecule has 0 saturated heterocycles. The van der Waals surface area contributed by atoms with E-state index in [1.165, 1.54) is 11.1 Å². The Bertz CT molecular complexity index is 396. The van der Waals surface area contributed by atoms with Crippen LogP contribution in [0, 0.1) is 0 Å². The molecule has 0 spiro atoms. The molecule has 3 nitrogen and oxygen atoms in total. The highest BCUT2D eigenvalue weighted by molar-refractivity contribution is 5.40. The molecule has 1 heterocycles. The van der Waals surface area contributed by atoms with E-state index >= 15 is 0 Å². The van der Waals surface area contributed by atoms with E-state index in [9.17, 15) is 0 Å². The zero-order chi connectivity index (χ0) is 12.5. The predicted molar refractivity (Wildman–Crippen MR) is 68.0 cm³/mol. The van der Waals surface area contributed by atoms with Gasteiger partial charge >= 0.3 is 0 Å². The number of hydrogen-bond acceptors (Lipinski definition) is 3. The first kappa shape index (κ1) is 12.4. The van der Waals surface area contributed by atoms with Crippen LogP contribution in [0.4, 0.5) is 0 Å². The fraction of sp³-hybridized carbons (Fsp3) is 0.571. The van der Waals surface area contributed by atoms with Crippen LogP contribution >= 0.6 is 0 Å². The Morgan fingerprint density at radius 1 is 1.35 bits per heavy atom. The van der Waals surface area contributed by atoms with E-state index in [4.69, 9.17) is 9.57 Å². The predicted octanol–water partition coefficient (Wildman–Crippen LogP) is 3.00. The normalized spacial score (nSPS) is 16.5. The molecule has 1 aromatic rings. The Morgan fingerprint density at radius 3 is 2.82 bits per heavy atom. The zero-order valence-electron chi connectivity index (χ0n) is 11.0. The lowest BCUT2D eigenvalue weighted by Gasteiger charge is -2.23. The lowest BCUT2D eigenvalue weighted by Crippen LogP contribution is -2.31. The summed E-state index contributed by atoms with van der Waals surface area (Å²) in [6.07, 6.45) is 1.01. The van der Waals surface area contributed by atoms with Crippen LogP contribution in [0.15, 0.2) is 18.2 Å². The Labute approximate surface area is 103 Å². The quantitative estimate of drug-likeness (QED) is 0.817. The standard InChI is InChI=1S/C14H21NO2/c1-10(15-17-14(2,3)4)11-5-6-13-12(9-11)7-8-16-13/h5-6,9-10,15H,7-8H2,1-4H3. The maximum Gasteiger partial charge on any atom is 0.122 e. The summed E-state index contributed by atoms with van der Waals surface area (Å²) in [5.74, 6) is 1.03. The summed E-state index contributed by atoms with van der Waals surface area (Å²) in [6, 6.07) is 6.52. The molecule has 94 valence electrons. The van der Waals surface area contributed by atoms with Crippen molar-refractivity contribution in [3.8, 4) is 5.75 Å². The number of rotatable bonds is 3. The highest BCUT2D eigenvalue weighted by Gasteiger charge is 2.16. The summed E-state index contributed by atoms with van der Waals surface area (Å²) < 4.78 is 5.50. The topological polar surface area (TPSA) is 30.5 Å². The van der Waals surface area contributed by atoms with Gasteiger partial charge in [0.1, 0.15) is 5.75 Å². The van der Waals surface area contributed by atoms with Crippen molar-refractivity contribution in [3.05, 3.63) is 29.3 Å². The Morgan fingerprint density at radius 2 is 2.12 bits per heavy atom. The van der Waals surface area contributed by atoms with Crippen LogP contribution in [0.1, 0.15) is 44.9 Å². The lowest BCUT2D eigenvalue weighted by atomic mass is 10.0. The molecule has 1 N–H and O–H groups in total. The van der Waals surface area contributed by atoms with Gasteiger partial charge in [-0.15, -0.1) is 0 Å². The maximum atomic E-state index is 5.58. The van der Waals surface area contributed by atoms with Gasteiger partial charge in [-0.3, -0.25) is 4.84 Å². The summed E-state index contributed by atoms with van der Waals surface area (Å²) in [5, 5.41) is 0. The number of nitrogens with one attached hydrogen (secondary N) is 1. The van der Waals surface area contributed by atoms with E-state index in [0.29, 0.717) is 0 Å². The molecule has 0 saturated carbocycles. The molecule has 0 aliphatic carbocycles. The minimum Gasteiger partial charge on any atom is -0.493 e. The van der Waals surface area contributed by atoms with Crippen molar-refractivity contribution in [2.75, 3.05) is 6.61 Å². The maximum absolute atomic E-state index is 5.58. The average Bonchev–Trinajstić information content (AvgIpc) is 2.71. The summed E-state index contributed by atoms with van der Waals surface area (Å²) >= 11 is 0. The van der Waals surface area contributed by atoms with Gasteiger partial charge in [0, 0.05) is 6.42 Å². The molecule has 0 amide bonds. The van der Waals surface area contributed by atoms with Crippen molar-refractivity contribution < 1.29 is 9.57 Å².